The van der Waals surface area contributed by atoms with Crippen LogP contribution in [0.15, 0.2) is 24.3 Å². The third-order valence-electron chi connectivity index (χ3n) is 3.19. The zero-order valence-electron chi connectivity index (χ0n) is 11.0. The van der Waals surface area contributed by atoms with Crippen LogP contribution in [0, 0.1) is 5.82 Å². The molecular weight excluding hydrogens is 261 g/mol. The molecule has 1 heterocycles. The van der Waals surface area contributed by atoms with Crippen molar-refractivity contribution in [2.75, 3.05) is 6.54 Å². The smallest absolute Gasteiger partial charge is 0.328 e. The van der Waals surface area contributed by atoms with Gasteiger partial charge in [0.1, 0.15) is 5.82 Å². The maximum Gasteiger partial charge on any atom is 0.328 e. The molecule has 1 N–H and O–H groups in total. The van der Waals surface area contributed by atoms with Crippen molar-refractivity contribution in [1.82, 2.24) is 4.90 Å². The highest BCUT2D eigenvalue weighted by molar-refractivity contribution is 5.85. The Morgan fingerprint density at radius 2 is 2.15 bits per heavy atom. The highest BCUT2D eigenvalue weighted by atomic mass is 19.1. The number of carboxylic acids is 1. The largest absolute Gasteiger partial charge is 0.478 e. The van der Waals surface area contributed by atoms with Crippen LogP contribution < -0.4 is 0 Å². The van der Waals surface area contributed by atoms with Gasteiger partial charge in [-0.25, -0.2) is 9.18 Å². The van der Waals surface area contributed by atoms with Gasteiger partial charge in [0.2, 0.25) is 5.91 Å². The molecule has 1 aliphatic rings. The fourth-order valence-corrected chi connectivity index (χ4v) is 2.28. The second-order valence-corrected chi connectivity index (χ2v) is 4.84. The number of benzene rings is 1. The number of rotatable bonds is 4. The van der Waals surface area contributed by atoms with Crippen molar-refractivity contribution in [3.8, 4) is 0 Å². The van der Waals surface area contributed by atoms with Gasteiger partial charge >= 0.3 is 5.97 Å². The van der Waals surface area contributed by atoms with Gasteiger partial charge in [0, 0.05) is 25.6 Å². The second-order valence-electron chi connectivity index (χ2n) is 4.84. The van der Waals surface area contributed by atoms with Crippen LogP contribution in [0.1, 0.15) is 30.4 Å². The summed E-state index contributed by atoms with van der Waals surface area (Å²) in [7, 11) is 0. The molecule has 1 aromatic carbocycles. The number of nitrogens with zero attached hydrogens (tertiary/aromatic N) is 1. The number of hydrogen-bond acceptors (Lipinski definition) is 2. The SMILES string of the molecule is O=C(O)C=Cc1cc(F)cc(CN2CCCCC2=O)c1. The number of amides is 1. The van der Waals surface area contributed by atoms with Gasteiger partial charge < -0.3 is 10.0 Å². The number of likely N-dealkylation sites (tertiary alicyclic amines) is 1. The maximum absolute atomic E-state index is 13.5. The Bertz CT molecular complexity index is 554. The van der Waals surface area contributed by atoms with Crippen LogP contribution in [0.4, 0.5) is 4.39 Å². The van der Waals surface area contributed by atoms with Crippen molar-refractivity contribution in [3.05, 3.63) is 41.2 Å². The van der Waals surface area contributed by atoms with E-state index >= 15 is 0 Å². The molecule has 1 saturated heterocycles. The van der Waals surface area contributed by atoms with Gasteiger partial charge in [-0.3, -0.25) is 4.79 Å². The van der Waals surface area contributed by atoms with E-state index < -0.39 is 11.8 Å². The molecule has 0 aromatic heterocycles. The van der Waals surface area contributed by atoms with E-state index in [1.807, 2.05) is 0 Å². The van der Waals surface area contributed by atoms with Crippen LogP contribution in [0.25, 0.3) is 6.08 Å². The summed E-state index contributed by atoms with van der Waals surface area (Å²) in [4.78, 5) is 23.9. The lowest BCUT2D eigenvalue weighted by Crippen LogP contribution is -2.34. The maximum atomic E-state index is 13.5. The number of aliphatic carboxylic acids is 1. The molecule has 0 atom stereocenters. The van der Waals surface area contributed by atoms with Gasteiger partial charge in [-0.05, 0) is 48.2 Å². The van der Waals surface area contributed by atoms with Gasteiger partial charge in [0.25, 0.3) is 0 Å². The van der Waals surface area contributed by atoms with Crippen molar-refractivity contribution in [2.24, 2.45) is 0 Å². The van der Waals surface area contributed by atoms with E-state index in [4.69, 9.17) is 5.11 Å². The summed E-state index contributed by atoms with van der Waals surface area (Å²) in [5.74, 6) is -1.43. The van der Waals surface area contributed by atoms with Crippen LogP contribution in [0.2, 0.25) is 0 Å². The van der Waals surface area contributed by atoms with E-state index in [0.29, 0.717) is 30.6 Å². The zero-order chi connectivity index (χ0) is 14.5. The lowest BCUT2D eigenvalue weighted by molar-refractivity contribution is -0.134. The Morgan fingerprint density at radius 3 is 2.85 bits per heavy atom. The first-order chi connectivity index (χ1) is 9.54. The molecule has 1 fully saturated rings. The quantitative estimate of drug-likeness (QED) is 0.860. The zero-order valence-corrected chi connectivity index (χ0v) is 11.0. The first-order valence-corrected chi connectivity index (χ1v) is 6.53. The molecule has 1 aromatic rings. The Kier molecular flexibility index (Phi) is 4.50. The van der Waals surface area contributed by atoms with E-state index in [0.717, 1.165) is 18.9 Å². The van der Waals surface area contributed by atoms with Crippen LogP contribution >= 0.6 is 0 Å². The third-order valence-corrected chi connectivity index (χ3v) is 3.19. The predicted octanol–water partition coefficient (Wildman–Crippen LogP) is 2.44. The monoisotopic (exact) mass is 277 g/mol. The number of piperidine rings is 1. The summed E-state index contributed by atoms with van der Waals surface area (Å²) in [5.41, 5.74) is 1.15. The van der Waals surface area contributed by atoms with Crippen LogP contribution in [-0.2, 0) is 16.1 Å². The minimum atomic E-state index is -1.08. The second kappa shape index (κ2) is 6.32. The van der Waals surface area contributed by atoms with Crippen molar-refractivity contribution in [2.45, 2.75) is 25.8 Å². The van der Waals surface area contributed by atoms with Gasteiger partial charge in [-0.1, -0.05) is 0 Å². The van der Waals surface area contributed by atoms with Crippen LogP contribution in [-0.4, -0.2) is 28.4 Å². The lowest BCUT2D eigenvalue weighted by Gasteiger charge is -2.26. The Hall–Kier alpha value is -2.17. The van der Waals surface area contributed by atoms with Gasteiger partial charge in [-0.2, -0.15) is 0 Å². The van der Waals surface area contributed by atoms with Gasteiger partial charge in [-0.15, -0.1) is 0 Å². The number of carboxylic acid groups (broad SMARTS) is 1. The lowest BCUT2D eigenvalue weighted by atomic mass is 10.1. The molecule has 1 amide bonds. The highest BCUT2D eigenvalue weighted by Gasteiger charge is 2.18. The molecule has 5 heteroatoms. The minimum Gasteiger partial charge on any atom is -0.478 e. The number of carbonyl (C=O) groups is 2. The number of halogens is 1. The molecule has 0 spiro atoms. The average Bonchev–Trinajstić information content (AvgIpc) is 2.38. The van der Waals surface area contributed by atoms with Crippen LogP contribution in [0.3, 0.4) is 0 Å². The predicted molar refractivity (Wildman–Crippen MR) is 72.3 cm³/mol. The molecular formula is C15H16FNO3. The fourth-order valence-electron chi connectivity index (χ4n) is 2.28. The van der Waals surface area contributed by atoms with Crippen LogP contribution in [0.5, 0.6) is 0 Å². The summed E-state index contributed by atoms with van der Waals surface area (Å²) in [6, 6.07) is 4.34. The highest BCUT2D eigenvalue weighted by Crippen LogP contribution is 2.17. The molecule has 0 bridgehead atoms. The summed E-state index contributed by atoms with van der Waals surface area (Å²) in [6.07, 6.45) is 4.72. The Labute approximate surface area is 116 Å². The normalized spacial score (nSPS) is 15.8. The first-order valence-electron chi connectivity index (χ1n) is 6.53. The Balaban J connectivity index is 2.15. The van der Waals surface area contributed by atoms with E-state index in [1.54, 1.807) is 11.0 Å². The molecule has 0 radical (unpaired) electrons. The van der Waals surface area contributed by atoms with E-state index in [1.165, 1.54) is 18.2 Å². The number of hydrogen-bond donors (Lipinski definition) is 1. The molecule has 0 unspecified atom stereocenters. The number of carbonyl (C=O) groups excluding carboxylic acids is 1. The molecule has 0 aliphatic carbocycles. The summed E-state index contributed by atoms with van der Waals surface area (Å²) in [6.45, 7) is 1.06. The molecule has 4 nitrogen and oxygen atoms in total. The van der Waals surface area contributed by atoms with Crippen molar-refractivity contribution >= 4 is 18.0 Å². The summed E-state index contributed by atoms with van der Waals surface area (Å²) in [5, 5.41) is 8.58. The molecule has 20 heavy (non-hydrogen) atoms. The van der Waals surface area contributed by atoms with Crippen molar-refractivity contribution in [3.63, 3.8) is 0 Å². The molecule has 0 saturated carbocycles. The topological polar surface area (TPSA) is 57.6 Å². The molecule has 1 aliphatic heterocycles. The van der Waals surface area contributed by atoms with E-state index in [-0.39, 0.29) is 5.91 Å². The van der Waals surface area contributed by atoms with Crippen molar-refractivity contribution in [1.29, 1.82) is 0 Å². The van der Waals surface area contributed by atoms with Gasteiger partial charge in [0.15, 0.2) is 0 Å². The summed E-state index contributed by atoms with van der Waals surface area (Å²) < 4.78 is 13.5. The standard InChI is InChI=1S/C15H16FNO3/c16-13-8-11(4-5-15(19)20)7-12(9-13)10-17-6-2-1-3-14(17)18/h4-5,7-9H,1-3,6,10H2,(H,19,20). The van der Waals surface area contributed by atoms with Crippen molar-refractivity contribution < 1.29 is 19.1 Å². The first kappa shape index (κ1) is 14.2. The van der Waals surface area contributed by atoms with Gasteiger partial charge in [0.05, 0.1) is 0 Å². The third kappa shape index (κ3) is 3.91. The molecule has 2 rings (SSSR count). The van der Waals surface area contributed by atoms with E-state index in [9.17, 15) is 14.0 Å². The fraction of sp³-hybridized carbons (Fsp3) is 0.333. The van der Waals surface area contributed by atoms with E-state index in [2.05, 4.69) is 0 Å². The molecule has 106 valence electrons. The Morgan fingerprint density at radius 1 is 1.35 bits per heavy atom. The summed E-state index contributed by atoms with van der Waals surface area (Å²) >= 11 is 0. The average molecular weight is 277 g/mol. The minimum absolute atomic E-state index is 0.0862.